The van der Waals surface area contributed by atoms with E-state index in [1.54, 1.807) is 6.07 Å². The van der Waals surface area contributed by atoms with Crippen molar-refractivity contribution in [3.05, 3.63) is 48.3 Å². The van der Waals surface area contributed by atoms with E-state index in [4.69, 9.17) is 10.5 Å². The molecule has 3 N–H and O–H groups in total. The summed E-state index contributed by atoms with van der Waals surface area (Å²) in [5.41, 5.74) is 7.21. The Bertz CT molecular complexity index is 578. The summed E-state index contributed by atoms with van der Waals surface area (Å²) >= 11 is 0. The first-order valence-corrected chi connectivity index (χ1v) is 6.58. The van der Waals surface area contributed by atoms with Crippen LogP contribution in [0.3, 0.4) is 0 Å². The molecule has 0 fully saturated rings. The van der Waals surface area contributed by atoms with Crippen LogP contribution in [0, 0.1) is 0 Å². The number of nitrogens with two attached hydrogens (primary N) is 1. The lowest BCUT2D eigenvalue weighted by molar-refractivity contribution is -0.119. The van der Waals surface area contributed by atoms with Gasteiger partial charge in [0.1, 0.15) is 5.75 Å². The Balaban J connectivity index is 1.96. The van der Waals surface area contributed by atoms with Crippen LogP contribution < -0.4 is 15.8 Å². The zero-order chi connectivity index (χ0) is 14.4. The third-order valence-electron chi connectivity index (χ3n) is 2.95. The number of carbonyl (C=O) groups excluding carboxylic acids is 1. The second-order valence-corrected chi connectivity index (χ2v) is 4.42. The van der Waals surface area contributed by atoms with E-state index in [1.807, 2.05) is 24.3 Å². The first-order chi connectivity index (χ1) is 9.69. The third-order valence-corrected chi connectivity index (χ3v) is 2.95. The van der Waals surface area contributed by atoms with E-state index in [2.05, 4.69) is 29.1 Å². The standard InChI is InChI=1S/C15H19N3O2/c1-2-18-8-4-6-13(18)10-17-12-5-3-7-14(9-12)20-11-15(16)19/h3-9,17H,2,10-11H2,1H3,(H2,16,19). The first-order valence-electron chi connectivity index (χ1n) is 6.58. The lowest BCUT2D eigenvalue weighted by atomic mass is 10.3. The van der Waals surface area contributed by atoms with Crippen LogP contribution in [0.4, 0.5) is 5.69 Å². The van der Waals surface area contributed by atoms with Crippen molar-refractivity contribution < 1.29 is 9.53 Å². The minimum atomic E-state index is -0.482. The van der Waals surface area contributed by atoms with Crippen LogP contribution in [-0.4, -0.2) is 17.1 Å². The molecule has 0 saturated carbocycles. The Morgan fingerprint density at radius 3 is 2.95 bits per heavy atom. The average Bonchev–Trinajstić information content (AvgIpc) is 2.91. The van der Waals surface area contributed by atoms with Crippen molar-refractivity contribution in [3.63, 3.8) is 0 Å². The molecule has 0 aliphatic carbocycles. The van der Waals surface area contributed by atoms with E-state index in [-0.39, 0.29) is 6.61 Å². The highest BCUT2D eigenvalue weighted by molar-refractivity contribution is 5.75. The fourth-order valence-electron chi connectivity index (χ4n) is 1.96. The molecule has 106 valence electrons. The number of amides is 1. The maximum absolute atomic E-state index is 10.7. The van der Waals surface area contributed by atoms with Gasteiger partial charge in [-0.1, -0.05) is 6.07 Å². The normalized spacial score (nSPS) is 10.2. The lowest BCUT2D eigenvalue weighted by Crippen LogP contribution is -2.20. The molecule has 1 aromatic carbocycles. The summed E-state index contributed by atoms with van der Waals surface area (Å²) in [6, 6.07) is 11.6. The number of rotatable bonds is 7. The quantitative estimate of drug-likeness (QED) is 0.810. The number of primary amides is 1. The molecule has 1 amide bonds. The summed E-state index contributed by atoms with van der Waals surface area (Å²) in [4.78, 5) is 10.7. The summed E-state index contributed by atoms with van der Waals surface area (Å²) < 4.78 is 7.45. The fourth-order valence-corrected chi connectivity index (χ4v) is 1.96. The van der Waals surface area contributed by atoms with Crippen molar-refractivity contribution in [1.29, 1.82) is 0 Å². The smallest absolute Gasteiger partial charge is 0.255 e. The highest BCUT2D eigenvalue weighted by Crippen LogP contribution is 2.18. The van der Waals surface area contributed by atoms with Gasteiger partial charge in [0.2, 0.25) is 0 Å². The molecule has 2 rings (SSSR count). The van der Waals surface area contributed by atoms with Gasteiger partial charge in [0, 0.05) is 30.2 Å². The molecule has 0 bridgehead atoms. The SMILES string of the molecule is CCn1cccc1CNc1cccc(OCC(N)=O)c1. The Morgan fingerprint density at radius 2 is 2.20 bits per heavy atom. The lowest BCUT2D eigenvalue weighted by Gasteiger charge is -2.10. The van der Waals surface area contributed by atoms with Gasteiger partial charge in [-0.15, -0.1) is 0 Å². The second-order valence-electron chi connectivity index (χ2n) is 4.42. The Kier molecular flexibility index (Phi) is 4.65. The number of aryl methyl sites for hydroxylation is 1. The van der Waals surface area contributed by atoms with Gasteiger partial charge in [-0.25, -0.2) is 0 Å². The van der Waals surface area contributed by atoms with Crippen LogP contribution in [0.5, 0.6) is 5.75 Å². The van der Waals surface area contributed by atoms with E-state index >= 15 is 0 Å². The highest BCUT2D eigenvalue weighted by atomic mass is 16.5. The molecule has 0 aliphatic heterocycles. The molecule has 0 spiro atoms. The van der Waals surface area contributed by atoms with Crippen molar-refractivity contribution in [2.75, 3.05) is 11.9 Å². The predicted octanol–water partition coefficient (Wildman–Crippen LogP) is 1.98. The topological polar surface area (TPSA) is 69.3 Å². The van der Waals surface area contributed by atoms with Gasteiger partial charge < -0.3 is 20.4 Å². The van der Waals surface area contributed by atoms with Crippen molar-refractivity contribution in [2.24, 2.45) is 5.73 Å². The van der Waals surface area contributed by atoms with Crippen molar-refractivity contribution >= 4 is 11.6 Å². The summed E-state index contributed by atoms with van der Waals surface area (Å²) in [5, 5.41) is 3.33. The molecule has 0 atom stereocenters. The maximum atomic E-state index is 10.7. The van der Waals surface area contributed by atoms with E-state index in [1.165, 1.54) is 5.69 Å². The number of hydrogen-bond donors (Lipinski definition) is 2. The molecule has 0 unspecified atom stereocenters. The van der Waals surface area contributed by atoms with Crippen molar-refractivity contribution in [3.8, 4) is 5.75 Å². The molecule has 1 heterocycles. The number of carbonyl (C=O) groups is 1. The Labute approximate surface area is 118 Å². The molecule has 0 saturated heterocycles. The molecule has 5 heteroatoms. The third kappa shape index (κ3) is 3.78. The van der Waals surface area contributed by atoms with Gasteiger partial charge in [0.05, 0.1) is 6.54 Å². The minimum absolute atomic E-state index is 0.109. The molecular formula is C15H19N3O2. The molecule has 0 aliphatic rings. The zero-order valence-corrected chi connectivity index (χ0v) is 11.5. The summed E-state index contributed by atoms with van der Waals surface area (Å²) in [7, 11) is 0. The van der Waals surface area contributed by atoms with Crippen molar-refractivity contribution in [1.82, 2.24) is 4.57 Å². The van der Waals surface area contributed by atoms with Gasteiger partial charge >= 0.3 is 0 Å². The molecule has 1 aromatic heterocycles. The highest BCUT2D eigenvalue weighted by Gasteiger charge is 2.01. The van der Waals surface area contributed by atoms with Crippen molar-refractivity contribution in [2.45, 2.75) is 20.0 Å². The largest absolute Gasteiger partial charge is 0.484 e. The van der Waals surface area contributed by atoms with Crippen LogP contribution >= 0.6 is 0 Å². The summed E-state index contributed by atoms with van der Waals surface area (Å²) in [6.45, 7) is 3.69. The van der Waals surface area contributed by atoms with Gasteiger partial charge in [-0.05, 0) is 31.2 Å². The van der Waals surface area contributed by atoms with Crippen LogP contribution in [-0.2, 0) is 17.9 Å². The number of nitrogens with one attached hydrogen (secondary N) is 1. The second kappa shape index (κ2) is 6.65. The maximum Gasteiger partial charge on any atom is 0.255 e. The fraction of sp³-hybridized carbons (Fsp3) is 0.267. The van der Waals surface area contributed by atoms with E-state index < -0.39 is 5.91 Å². The number of hydrogen-bond acceptors (Lipinski definition) is 3. The Hall–Kier alpha value is -2.43. The number of anilines is 1. The van der Waals surface area contributed by atoms with E-state index in [0.717, 1.165) is 18.8 Å². The van der Waals surface area contributed by atoms with E-state index in [0.29, 0.717) is 5.75 Å². The molecule has 5 nitrogen and oxygen atoms in total. The molecule has 20 heavy (non-hydrogen) atoms. The van der Waals surface area contributed by atoms with Gasteiger partial charge in [-0.3, -0.25) is 4.79 Å². The number of aromatic nitrogens is 1. The van der Waals surface area contributed by atoms with Gasteiger partial charge in [0.25, 0.3) is 5.91 Å². The number of nitrogens with zero attached hydrogens (tertiary/aromatic N) is 1. The minimum Gasteiger partial charge on any atom is -0.484 e. The number of benzene rings is 1. The Morgan fingerprint density at radius 1 is 1.35 bits per heavy atom. The number of ether oxygens (including phenoxy) is 1. The average molecular weight is 273 g/mol. The van der Waals surface area contributed by atoms with Gasteiger partial charge in [0.15, 0.2) is 6.61 Å². The van der Waals surface area contributed by atoms with Crippen LogP contribution in [0.25, 0.3) is 0 Å². The van der Waals surface area contributed by atoms with Crippen LogP contribution in [0.2, 0.25) is 0 Å². The van der Waals surface area contributed by atoms with Crippen LogP contribution in [0.15, 0.2) is 42.6 Å². The molecule has 0 radical (unpaired) electrons. The molecule has 2 aromatic rings. The van der Waals surface area contributed by atoms with Gasteiger partial charge in [-0.2, -0.15) is 0 Å². The van der Waals surface area contributed by atoms with Crippen LogP contribution in [0.1, 0.15) is 12.6 Å². The summed E-state index contributed by atoms with van der Waals surface area (Å²) in [6.07, 6.45) is 2.06. The monoisotopic (exact) mass is 273 g/mol. The summed E-state index contributed by atoms with van der Waals surface area (Å²) in [5.74, 6) is 0.142. The first kappa shape index (κ1) is 14.0. The molecular weight excluding hydrogens is 254 g/mol. The van der Waals surface area contributed by atoms with E-state index in [9.17, 15) is 4.79 Å². The zero-order valence-electron chi connectivity index (χ0n) is 11.5. The predicted molar refractivity (Wildman–Crippen MR) is 78.6 cm³/mol.